The second-order valence-electron chi connectivity index (χ2n) is 5.51. The summed E-state index contributed by atoms with van der Waals surface area (Å²) in [6.07, 6.45) is 2.06. The third-order valence-corrected chi connectivity index (χ3v) is 4.32. The summed E-state index contributed by atoms with van der Waals surface area (Å²) in [5.41, 5.74) is 3.43. The number of Topliss-reactive ketones (excluding diaryl/α,β-unsaturated/α-hetero) is 1. The summed E-state index contributed by atoms with van der Waals surface area (Å²) < 4.78 is 12.3. The van der Waals surface area contributed by atoms with Gasteiger partial charge in [-0.05, 0) is 38.2 Å². The van der Waals surface area contributed by atoms with Crippen molar-refractivity contribution in [2.45, 2.75) is 39.3 Å². The molecule has 1 aromatic rings. The molecular formula is C15H19NO4. The summed E-state index contributed by atoms with van der Waals surface area (Å²) >= 11 is 0. The van der Waals surface area contributed by atoms with Crippen LogP contribution in [0.15, 0.2) is 0 Å². The summed E-state index contributed by atoms with van der Waals surface area (Å²) in [5, 5.41) is 0. The summed E-state index contributed by atoms with van der Waals surface area (Å²) in [5.74, 6) is -0.639. The molecule has 1 aliphatic heterocycles. The minimum atomic E-state index is -0.756. The summed E-state index contributed by atoms with van der Waals surface area (Å²) in [7, 11) is 1.64. The first-order valence-corrected chi connectivity index (χ1v) is 7.03. The Kier molecular flexibility index (Phi) is 3.17. The number of methoxy groups -OCH3 is 1. The minimum Gasteiger partial charge on any atom is -0.460 e. The molecule has 0 bridgehead atoms. The number of hydrogen-bond donors (Lipinski definition) is 0. The number of carbonyl (C=O) groups excluding carboxylic acids is 2. The van der Waals surface area contributed by atoms with Crippen LogP contribution in [-0.4, -0.2) is 30.0 Å². The molecule has 1 aliphatic carbocycles. The molecule has 1 aromatic heterocycles. The average Bonchev–Trinajstić information content (AvgIpc) is 3.00. The molecule has 1 saturated carbocycles. The van der Waals surface area contributed by atoms with E-state index in [0.717, 1.165) is 23.4 Å². The highest BCUT2D eigenvalue weighted by Crippen LogP contribution is 2.54. The Labute approximate surface area is 117 Å². The Morgan fingerprint density at radius 1 is 1.40 bits per heavy atom. The SMILES string of the molecule is CCOC(=O)C(=O)c1c(C)c(COC)n2c1C[C@H]1C[C@H]12. The van der Waals surface area contributed by atoms with Crippen LogP contribution in [0.5, 0.6) is 0 Å². The predicted molar refractivity (Wildman–Crippen MR) is 71.7 cm³/mol. The quantitative estimate of drug-likeness (QED) is 0.468. The molecule has 2 atom stereocenters. The predicted octanol–water partition coefficient (Wildman–Crippen LogP) is 1.81. The lowest BCUT2D eigenvalue weighted by atomic mass is 10.0. The van der Waals surface area contributed by atoms with Gasteiger partial charge in [-0.25, -0.2) is 4.79 Å². The van der Waals surface area contributed by atoms with E-state index < -0.39 is 11.8 Å². The van der Waals surface area contributed by atoms with Crippen LogP contribution in [-0.2, 0) is 27.3 Å². The van der Waals surface area contributed by atoms with Crippen LogP contribution in [0, 0.1) is 12.8 Å². The molecule has 2 heterocycles. The van der Waals surface area contributed by atoms with Crippen LogP contribution in [0.1, 0.15) is 46.7 Å². The van der Waals surface area contributed by atoms with Gasteiger partial charge in [-0.15, -0.1) is 0 Å². The van der Waals surface area contributed by atoms with Crippen LogP contribution < -0.4 is 0 Å². The van der Waals surface area contributed by atoms with Crippen LogP contribution in [0.3, 0.4) is 0 Å². The van der Waals surface area contributed by atoms with E-state index >= 15 is 0 Å². The van der Waals surface area contributed by atoms with E-state index in [1.807, 2.05) is 6.92 Å². The maximum absolute atomic E-state index is 12.3. The summed E-state index contributed by atoms with van der Waals surface area (Å²) in [4.78, 5) is 24.1. The number of ether oxygens (including phenoxy) is 2. The lowest BCUT2D eigenvalue weighted by Crippen LogP contribution is -2.19. The van der Waals surface area contributed by atoms with E-state index in [0.29, 0.717) is 24.1 Å². The minimum absolute atomic E-state index is 0.218. The van der Waals surface area contributed by atoms with Crippen molar-refractivity contribution in [2.24, 2.45) is 5.92 Å². The molecule has 0 amide bonds. The monoisotopic (exact) mass is 277 g/mol. The van der Waals surface area contributed by atoms with Gasteiger partial charge >= 0.3 is 5.97 Å². The van der Waals surface area contributed by atoms with E-state index in [1.165, 1.54) is 6.42 Å². The Morgan fingerprint density at radius 3 is 2.80 bits per heavy atom. The zero-order valence-electron chi connectivity index (χ0n) is 12.1. The van der Waals surface area contributed by atoms with Crippen molar-refractivity contribution in [3.8, 4) is 0 Å². The van der Waals surface area contributed by atoms with Crippen LogP contribution in [0.4, 0.5) is 0 Å². The Hall–Kier alpha value is -1.62. The van der Waals surface area contributed by atoms with Gasteiger partial charge in [-0.1, -0.05) is 0 Å². The molecule has 20 heavy (non-hydrogen) atoms. The molecule has 0 aromatic carbocycles. The molecule has 108 valence electrons. The highest BCUT2D eigenvalue weighted by molar-refractivity contribution is 6.41. The van der Waals surface area contributed by atoms with Gasteiger partial charge in [-0.2, -0.15) is 0 Å². The summed E-state index contributed by atoms with van der Waals surface area (Å²) in [6.45, 7) is 4.28. The van der Waals surface area contributed by atoms with Gasteiger partial charge < -0.3 is 14.0 Å². The molecular weight excluding hydrogens is 258 g/mol. The van der Waals surface area contributed by atoms with Crippen molar-refractivity contribution in [3.63, 3.8) is 0 Å². The third-order valence-electron chi connectivity index (χ3n) is 4.32. The van der Waals surface area contributed by atoms with Crippen molar-refractivity contribution in [1.82, 2.24) is 4.57 Å². The molecule has 1 fully saturated rings. The number of rotatable bonds is 5. The van der Waals surface area contributed by atoms with Crippen molar-refractivity contribution < 1.29 is 19.1 Å². The molecule has 5 heteroatoms. The molecule has 5 nitrogen and oxygen atoms in total. The molecule has 0 spiro atoms. The first kappa shape index (κ1) is 13.4. The van der Waals surface area contributed by atoms with Crippen molar-refractivity contribution in [2.75, 3.05) is 13.7 Å². The highest BCUT2D eigenvalue weighted by Gasteiger charge is 2.49. The Balaban J connectivity index is 2.03. The fourth-order valence-corrected chi connectivity index (χ4v) is 3.36. The van der Waals surface area contributed by atoms with Gasteiger partial charge in [0.2, 0.25) is 0 Å². The van der Waals surface area contributed by atoms with Crippen molar-refractivity contribution in [1.29, 1.82) is 0 Å². The van der Waals surface area contributed by atoms with Gasteiger partial charge in [0.1, 0.15) is 0 Å². The van der Waals surface area contributed by atoms with Crippen LogP contribution in [0.25, 0.3) is 0 Å². The smallest absolute Gasteiger partial charge is 0.379 e. The van der Waals surface area contributed by atoms with E-state index in [1.54, 1.807) is 14.0 Å². The maximum atomic E-state index is 12.3. The number of nitrogens with zero attached hydrogens (tertiary/aromatic N) is 1. The van der Waals surface area contributed by atoms with Crippen LogP contribution >= 0.6 is 0 Å². The third kappa shape index (κ3) is 1.80. The summed E-state index contributed by atoms with van der Waals surface area (Å²) in [6, 6.07) is 0.498. The first-order chi connectivity index (χ1) is 9.60. The van der Waals surface area contributed by atoms with Crippen molar-refractivity contribution >= 4 is 11.8 Å². The maximum Gasteiger partial charge on any atom is 0.379 e. The lowest BCUT2D eigenvalue weighted by molar-refractivity contribution is -0.137. The number of aromatic nitrogens is 1. The van der Waals surface area contributed by atoms with Crippen molar-refractivity contribution in [3.05, 3.63) is 22.5 Å². The second-order valence-corrected chi connectivity index (χ2v) is 5.51. The fourth-order valence-electron chi connectivity index (χ4n) is 3.36. The first-order valence-electron chi connectivity index (χ1n) is 7.03. The van der Waals surface area contributed by atoms with Crippen LogP contribution in [0.2, 0.25) is 0 Å². The van der Waals surface area contributed by atoms with E-state index in [4.69, 9.17) is 9.47 Å². The lowest BCUT2D eigenvalue weighted by Gasteiger charge is -2.07. The zero-order chi connectivity index (χ0) is 14.4. The molecule has 3 rings (SSSR count). The average molecular weight is 277 g/mol. The largest absolute Gasteiger partial charge is 0.460 e. The van der Waals surface area contributed by atoms with Gasteiger partial charge in [-0.3, -0.25) is 4.79 Å². The number of ketones is 1. The zero-order valence-corrected chi connectivity index (χ0v) is 12.1. The van der Waals surface area contributed by atoms with Gasteiger partial charge in [0.05, 0.1) is 18.8 Å². The molecule has 0 saturated heterocycles. The Bertz CT molecular complexity index is 587. The number of esters is 1. The fraction of sp³-hybridized carbons (Fsp3) is 0.600. The van der Waals surface area contributed by atoms with E-state index in [-0.39, 0.29) is 6.61 Å². The standard InChI is InChI=1S/C15H19NO4/c1-4-20-15(18)14(17)13-8(2)12(7-19-3)16-10-5-9(10)6-11(13)16/h9-10H,4-7H2,1-3H3/t9-,10-/m1/s1. The molecule has 0 unspecified atom stereocenters. The van der Waals surface area contributed by atoms with E-state index in [9.17, 15) is 9.59 Å². The van der Waals surface area contributed by atoms with Gasteiger partial charge in [0.15, 0.2) is 0 Å². The van der Waals surface area contributed by atoms with E-state index in [2.05, 4.69) is 4.57 Å². The topological polar surface area (TPSA) is 57.5 Å². The second kappa shape index (κ2) is 4.74. The number of carbonyl (C=O) groups is 2. The highest BCUT2D eigenvalue weighted by atomic mass is 16.5. The Morgan fingerprint density at radius 2 is 2.15 bits per heavy atom. The normalized spacial score (nSPS) is 22.4. The van der Waals surface area contributed by atoms with Gasteiger partial charge in [0.25, 0.3) is 5.78 Å². The molecule has 2 aliphatic rings. The number of hydrogen-bond acceptors (Lipinski definition) is 4. The number of fused-ring (bicyclic) bond motifs is 3. The molecule has 0 radical (unpaired) electrons. The van der Waals surface area contributed by atoms with Gasteiger partial charge in [0, 0.05) is 24.5 Å². The molecule has 0 N–H and O–H groups in total.